The summed E-state index contributed by atoms with van der Waals surface area (Å²) in [6.45, 7) is 0.359. The normalized spacial score (nSPS) is 10.2. The average Bonchev–Trinajstić information content (AvgIpc) is 3.15. The summed E-state index contributed by atoms with van der Waals surface area (Å²) in [4.78, 5) is 32.5. The lowest BCUT2D eigenvalue weighted by Crippen LogP contribution is -2.23. The third kappa shape index (κ3) is 4.42. The van der Waals surface area contributed by atoms with Crippen molar-refractivity contribution in [1.82, 2.24) is 15.3 Å². The number of carbonyl (C=O) groups excluding carboxylic acids is 2. The predicted octanol–water partition coefficient (Wildman–Crippen LogP) is 2.73. The van der Waals surface area contributed by atoms with Crippen LogP contribution in [0.3, 0.4) is 0 Å². The van der Waals surface area contributed by atoms with E-state index in [0.717, 1.165) is 5.56 Å². The summed E-state index contributed by atoms with van der Waals surface area (Å²) in [6.07, 6.45) is 3.35. The van der Waals surface area contributed by atoms with Gasteiger partial charge in [0.25, 0.3) is 11.8 Å². The van der Waals surface area contributed by atoms with Crippen LogP contribution in [0, 0.1) is 0 Å². The molecule has 0 aliphatic carbocycles. The molecule has 7 nitrogen and oxygen atoms in total. The number of nitrogens with one attached hydrogen (secondary N) is 2. The van der Waals surface area contributed by atoms with E-state index in [2.05, 4.69) is 20.6 Å². The van der Waals surface area contributed by atoms with Gasteiger partial charge in [-0.3, -0.25) is 19.9 Å². The zero-order valence-corrected chi connectivity index (χ0v) is 14.7. The Balaban J connectivity index is 1.58. The summed E-state index contributed by atoms with van der Waals surface area (Å²) in [7, 11) is 1.56. The molecule has 2 amide bonds. The Morgan fingerprint density at radius 3 is 2.65 bits per heavy atom. The van der Waals surface area contributed by atoms with Crippen molar-refractivity contribution in [3.8, 4) is 5.75 Å². The number of ether oxygens (including phenoxy) is 1. The molecule has 0 radical (unpaired) electrons. The number of aromatic nitrogens is 2. The highest BCUT2D eigenvalue weighted by atomic mass is 32.1. The maximum atomic E-state index is 12.2. The summed E-state index contributed by atoms with van der Waals surface area (Å²) in [5, 5.41) is 7.41. The number of anilines is 1. The Kier molecular flexibility index (Phi) is 5.55. The number of thiazole rings is 1. The average molecular weight is 368 g/mol. The van der Waals surface area contributed by atoms with Crippen molar-refractivity contribution in [3.05, 3.63) is 71.0 Å². The molecule has 3 rings (SSSR count). The van der Waals surface area contributed by atoms with Crippen LogP contribution in [0.1, 0.15) is 26.4 Å². The van der Waals surface area contributed by atoms with Crippen molar-refractivity contribution in [2.45, 2.75) is 6.54 Å². The fourth-order valence-electron chi connectivity index (χ4n) is 2.12. The van der Waals surface area contributed by atoms with E-state index >= 15 is 0 Å². The van der Waals surface area contributed by atoms with E-state index in [1.165, 1.54) is 11.3 Å². The topological polar surface area (TPSA) is 93.2 Å². The smallest absolute Gasteiger partial charge is 0.271 e. The number of rotatable bonds is 6. The summed E-state index contributed by atoms with van der Waals surface area (Å²) >= 11 is 1.19. The lowest BCUT2D eigenvalue weighted by molar-refractivity contribution is 0.0945. The summed E-state index contributed by atoms with van der Waals surface area (Å²) in [5.74, 6) is 0.0581. The maximum Gasteiger partial charge on any atom is 0.271 e. The summed E-state index contributed by atoms with van der Waals surface area (Å²) in [6, 6.07) is 10.4. The van der Waals surface area contributed by atoms with Gasteiger partial charge in [-0.15, -0.1) is 11.3 Å². The molecular weight excluding hydrogens is 352 g/mol. The first-order chi connectivity index (χ1) is 12.7. The van der Waals surface area contributed by atoms with Crippen molar-refractivity contribution in [1.29, 1.82) is 0 Å². The minimum atomic E-state index is -0.310. The van der Waals surface area contributed by atoms with Crippen molar-refractivity contribution in [3.63, 3.8) is 0 Å². The van der Waals surface area contributed by atoms with Crippen LogP contribution in [-0.4, -0.2) is 28.9 Å². The molecule has 2 heterocycles. The minimum absolute atomic E-state index is 0.254. The Morgan fingerprint density at radius 1 is 1.15 bits per heavy atom. The summed E-state index contributed by atoms with van der Waals surface area (Å²) < 4.78 is 5.06. The highest BCUT2D eigenvalue weighted by Crippen LogP contribution is 2.18. The Hall–Kier alpha value is -3.26. The summed E-state index contributed by atoms with van der Waals surface area (Å²) in [5.41, 5.74) is 1.62. The number of carbonyl (C=O) groups is 2. The predicted molar refractivity (Wildman–Crippen MR) is 98.5 cm³/mol. The van der Waals surface area contributed by atoms with Gasteiger partial charge < -0.3 is 10.1 Å². The van der Waals surface area contributed by atoms with E-state index in [1.807, 2.05) is 6.07 Å². The maximum absolute atomic E-state index is 12.2. The molecule has 0 aliphatic rings. The third-order valence-electron chi connectivity index (χ3n) is 3.49. The van der Waals surface area contributed by atoms with Gasteiger partial charge in [-0.2, -0.15) is 0 Å². The van der Waals surface area contributed by atoms with E-state index < -0.39 is 0 Å². The standard InChI is InChI=1S/C18H16N4O3S/c1-25-14-6-4-13(5-7-14)16(23)22-18-21-15(11-26-18)17(24)20-10-12-3-2-8-19-9-12/h2-9,11H,10H2,1H3,(H,20,24)(H,21,22,23). The quantitative estimate of drug-likeness (QED) is 0.698. The Morgan fingerprint density at radius 2 is 1.96 bits per heavy atom. The first-order valence-corrected chi connectivity index (χ1v) is 8.61. The van der Waals surface area contributed by atoms with E-state index in [0.29, 0.717) is 23.0 Å². The minimum Gasteiger partial charge on any atom is -0.497 e. The molecule has 0 saturated carbocycles. The highest BCUT2D eigenvalue weighted by molar-refractivity contribution is 7.14. The zero-order valence-electron chi connectivity index (χ0n) is 13.9. The molecule has 3 aromatic rings. The monoisotopic (exact) mass is 368 g/mol. The van der Waals surface area contributed by atoms with Gasteiger partial charge in [-0.1, -0.05) is 6.07 Å². The first kappa shape index (κ1) is 17.6. The van der Waals surface area contributed by atoms with Crippen LogP contribution in [-0.2, 0) is 6.54 Å². The molecule has 0 spiro atoms. The molecule has 132 valence electrons. The van der Waals surface area contributed by atoms with Crippen molar-refractivity contribution in [2.75, 3.05) is 12.4 Å². The number of hydrogen-bond acceptors (Lipinski definition) is 6. The van der Waals surface area contributed by atoms with Gasteiger partial charge in [-0.05, 0) is 35.9 Å². The van der Waals surface area contributed by atoms with Crippen LogP contribution in [0.15, 0.2) is 54.2 Å². The van der Waals surface area contributed by atoms with Gasteiger partial charge in [0.2, 0.25) is 0 Å². The molecular formula is C18H16N4O3S. The number of amides is 2. The molecule has 0 saturated heterocycles. The number of hydrogen-bond donors (Lipinski definition) is 2. The van der Waals surface area contributed by atoms with Gasteiger partial charge in [0.1, 0.15) is 11.4 Å². The van der Waals surface area contributed by atoms with Crippen LogP contribution in [0.5, 0.6) is 5.75 Å². The Bertz CT molecular complexity index is 894. The molecule has 2 aromatic heterocycles. The fourth-order valence-corrected chi connectivity index (χ4v) is 2.81. The molecule has 0 fully saturated rings. The van der Waals surface area contributed by atoms with E-state index in [-0.39, 0.29) is 17.5 Å². The number of nitrogens with zero attached hydrogens (tertiary/aromatic N) is 2. The van der Waals surface area contributed by atoms with Gasteiger partial charge in [0.05, 0.1) is 7.11 Å². The van der Waals surface area contributed by atoms with E-state index in [9.17, 15) is 9.59 Å². The number of benzene rings is 1. The molecule has 0 bridgehead atoms. The number of pyridine rings is 1. The van der Waals surface area contributed by atoms with Gasteiger partial charge in [-0.25, -0.2) is 4.98 Å². The van der Waals surface area contributed by atoms with E-state index in [4.69, 9.17) is 4.74 Å². The molecule has 0 atom stereocenters. The molecule has 2 N–H and O–H groups in total. The fraction of sp³-hybridized carbons (Fsp3) is 0.111. The van der Waals surface area contributed by atoms with Crippen molar-refractivity contribution in [2.24, 2.45) is 0 Å². The number of methoxy groups -OCH3 is 1. The van der Waals surface area contributed by atoms with Crippen LogP contribution in [0.4, 0.5) is 5.13 Å². The molecule has 0 aliphatic heterocycles. The second kappa shape index (κ2) is 8.21. The molecule has 8 heteroatoms. The van der Waals surface area contributed by atoms with Crippen molar-refractivity contribution >= 4 is 28.3 Å². The van der Waals surface area contributed by atoms with Crippen LogP contribution in [0.25, 0.3) is 0 Å². The van der Waals surface area contributed by atoms with Crippen LogP contribution >= 0.6 is 11.3 Å². The second-order valence-corrected chi connectivity index (χ2v) is 6.12. The van der Waals surface area contributed by atoms with Crippen LogP contribution < -0.4 is 15.4 Å². The second-order valence-electron chi connectivity index (χ2n) is 5.26. The lowest BCUT2D eigenvalue weighted by Gasteiger charge is -2.04. The third-order valence-corrected chi connectivity index (χ3v) is 4.24. The Labute approximate surface area is 154 Å². The largest absolute Gasteiger partial charge is 0.497 e. The molecule has 0 unspecified atom stereocenters. The first-order valence-electron chi connectivity index (χ1n) is 7.74. The van der Waals surface area contributed by atoms with Crippen molar-refractivity contribution < 1.29 is 14.3 Å². The van der Waals surface area contributed by atoms with Gasteiger partial charge in [0, 0.05) is 29.9 Å². The SMILES string of the molecule is COc1ccc(C(=O)Nc2nc(C(=O)NCc3cccnc3)cs2)cc1. The van der Waals surface area contributed by atoms with Gasteiger partial charge >= 0.3 is 0 Å². The van der Waals surface area contributed by atoms with Gasteiger partial charge in [0.15, 0.2) is 5.13 Å². The lowest BCUT2D eigenvalue weighted by atomic mass is 10.2. The van der Waals surface area contributed by atoms with E-state index in [1.54, 1.807) is 55.2 Å². The molecule has 26 heavy (non-hydrogen) atoms. The molecule has 1 aromatic carbocycles. The van der Waals surface area contributed by atoms with Crippen LogP contribution in [0.2, 0.25) is 0 Å². The highest BCUT2D eigenvalue weighted by Gasteiger charge is 2.13. The zero-order chi connectivity index (χ0) is 18.4.